The molecule has 0 radical (unpaired) electrons. The van der Waals surface area contributed by atoms with Crippen LogP contribution in [0.5, 0.6) is 0 Å². The lowest BCUT2D eigenvalue weighted by Gasteiger charge is -2.40. The summed E-state index contributed by atoms with van der Waals surface area (Å²) in [5.41, 5.74) is 0. The molecule has 0 aliphatic carbocycles. The Balaban J connectivity index is 5.31. The van der Waals surface area contributed by atoms with Crippen LogP contribution in [0.25, 0.3) is 0 Å². The number of rotatable bonds is 30. The summed E-state index contributed by atoms with van der Waals surface area (Å²) in [4.78, 5) is 0. The summed E-state index contributed by atoms with van der Waals surface area (Å²) >= 11 is 0. The third-order valence-electron chi connectivity index (χ3n) is 7.10. The van der Waals surface area contributed by atoms with Gasteiger partial charge in [0.1, 0.15) is 25.8 Å². The fourth-order valence-electron chi connectivity index (χ4n) is 5.32. The maximum Gasteiger partial charge on any atom is 0.194 e. The van der Waals surface area contributed by atoms with Crippen LogP contribution >= 0.6 is 0 Å². The third-order valence-corrected chi connectivity index (χ3v) is 7.10. The molecule has 0 saturated heterocycles. The Kier molecular flexibility index (Phi) is 25.2. The molecule has 0 aromatic carbocycles. The second kappa shape index (κ2) is 25.4. The van der Waals surface area contributed by atoms with Gasteiger partial charge in [0.15, 0.2) is 11.6 Å². The van der Waals surface area contributed by atoms with Gasteiger partial charge in [-0.05, 0) is 53.4 Å². The second-order valence-corrected chi connectivity index (χ2v) is 10.3. The Morgan fingerprint density at radius 1 is 0.436 bits per heavy atom. The first-order valence-electron chi connectivity index (χ1n) is 16.4. The lowest BCUT2D eigenvalue weighted by atomic mass is 9.97. The third kappa shape index (κ3) is 15.5. The normalized spacial score (nSPS) is 14.2. The fraction of sp³-hybridized carbons (Fsp3) is 1.00. The first-order valence-corrected chi connectivity index (χ1v) is 16.4. The van der Waals surface area contributed by atoms with Crippen molar-refractivity contribution in [1.29, 1.82) is 0 Å². The van der Waals surface area contributed by atoms with Crippen LogP contribution in [0.2, 0.25) is 0 Å². The van der Waals surface area contributed by atoms with Crippen molar-refractivity contribution >= 4 is 0 Å². The monoisotopic (exact) mass is 562 g/mol. The van der Waals surface area contributed by atoms with Crippen molar-refractivity contribution in [3.63, 3.8) is 0 Å². The SMILES string of the molecule is CCCCCCC(OCC)(OCC)C(CCC)OCOCOC(CCC)C(CCCCCC)(OCC)OCC. The largest absolute Gasteiger partial charge is 0.348 e. The first-order chi connectivity index (χ1) is 19.0. The Morgan fingerprint density at radius 3 is 1.08 bits per heavy atom. The number of hydrogen-bond donors (Lipinski definition) is 0. The average molecular weight is 563 g/mol. The molecule has 0 rings (SSSR count). The molecule has 236 valence electrons. The molecule has 0 bridgehead atoms. The summed E-state index contributed by atoms with van der Waals surface area (Å²) in [5.74, 6) is -1.50. The molecule has 7 heteroatoms. The zero-order valence-corrected chi connectivity index (χ0v) is 27.2. The molecule has 2 unspecified atom stereocenters. The molecule has 39 heavy (non-hydrogen) atoms. The number of hydrogen-bond acceptors (Lipinski definition) is 7. The summed E-state index contributed by atoms with van der Waals surface area (Å²) in [6.45, 7) is 19.4. The summed E-state index contributed by atoms with van der Waals surface area (Å²) < 4.78 is 43.6. The van der Waals surface area contributed by atoms with Gasteiger partial charge < -0.3 is 33.2 Å². The summed E-state index contributed by atoms with van der Waals surface area (Å²) in [5, 5.41) is 0. The molecule has 2 atom stereocenters. The van der Waals surface area contributed by atoms with Crippen LogP contribution in [0.15, 0.2) is 0 Å². The topological polar surface area (TPSA) is 64.6 Å². The van der Waals surface area contributed by atoms with Crippen molar-refractivity contribution < 1.29 is 33.2 Å². The molecule has 0 N–H and O–H groups in total. The van der Waals surface area contributed by atoms with Gasteiger partial charge in [0.2, 0.25) is 0 Å². The van der Waals surface area contributed by atoms with Crippen molar-refractivity contribution in [2.75, 3.05) is 40.0 Å². The minimum absolute atomic E-state index is 0.118. The van der Waals surface area contributed by atoms with Crippen LogP contribution in [0.4, 0.5) is 0 Å². The van der Waals surface area contributed by atoms with Crippen molar-refractivity contribution in [2.24, 2.45) is 0 Å². The van der Waals surface area contributed by atoms with E-state index in [0.29, 0.717) is 26.4 Å². The number of unbranched alkanes of at least 4 members (excludes halogenated alkanes) is 6. The van der Waals surface area contributed by atoms with Crippen LogP contribution in [0.3, 0.4) is 0 Å². The minimum atomic E-state index is -0.750. The molecule has 0 aromatic rings. The maximum absolute atomic E-state index is 6.31. The first kappa shape index (κ1) is 38.7. The molecule has 0 spiro atoms. The highest BCUT2D eigenvalue weighted by Gasteiger charge is 2.42. The van der Waals surface area contributed by atoms with Crippen LogP contribution in [0.1, 0.15) is 145 Å². The lowest BCUT2D eigenvalue weighted by Crippen LogP contribution is -2.50. The van der Waals surface area contributed by atoms with E-state index in [9.17, 15) is 0 Å². The van der Waals surface area contributed by atoms with E-state index >= 15 is 0 Å². The smallest absolute Gasteiger partial charge is 0.194 e. The van der Waals surface area contributed by atoms with Crippen LogP contribution in [-0.4, -0.2) is 63.8 Å². The van der Waals surface area contributed by atoms with Gasteiger partial charge in [0.05, 0.1) is 0 Å². The molecule has 0 amide bonds. The van der Waals surface area contributed by atoms with E-state index in [1.165, 1.54) is 38.5 Å². The molecule has 7 nitrogen and oxygen atoms in total. The Morgan fingerprint density at radius 2 is 0.795 bits per heavy atom. The van der Waals surface area contributed by atoms with Crippen molar-refractivity contribution in [2.45, 2.75) is 169 Å². The van der Waals surface area contributed by atoms with Crippen molar-refractivity contribution in [3.8, 4) is 0 Å². The molecule has 0 heterocycles. The standard InChI is InChI=1S/C32H66O7/c1-9-17-19-21-25-31(36-13-5,37-14-6)29(23-11-3)34-27-33-28-35-30(24-12-4)32(38-15-7,39-16-8)26-22-20-18-10-2/h29-30H,9-28H2,1-8H3. The van der Waals surface area contributed by atoms with Crippen LogP contribution < -0.4 is 0 Å². The molecular formula is C32H66O7. The van der Waals surface area contributed by atoms with Gasteiger partial charge in [-0.25, -0.2) is 0 Å². The van der Waals surface area contributed by atoms with Gasteiger partial charge in [-0.1, -0.05) is 79.1 Å². The summed E-state index contributed by atoms with van der Waals surface area (Å²) in [6, 6.07) is 0. The molecule has 0 aromatic heterocycles. The van der Waals surface area contributed by atoms with E-state index in [1.54, 1.807) is 0 Å². The highest BCUT2D eigenvalue weighted by molar-refractivity contribution is 4.82. The van der Waals surface area contributed by atoms with Crippen LogP contribution in [-0.2, 0) is 33.2 Å². The van der Waals surface area contributed by atoms with E-state index in [1.807, 2.05) is 27.7 Å². The Hall–Kier alpha value is -0.280. The zero-order valence-electron chi connectivity index (χ0n) is 27.2. The van der Waals surface area contributed by atoms with Gasteiger partial charge in [0, 0.05) is 39.3 Å². The Labute approximate surface area is 242 Å². The average Bonchev–Trinajstić information content (AvgIpc) is 2.92. The highest BCUT2D eigenvalue weighted by Crippen LogP contribution is 2.32. The molecule has 0 saturated carbocycles. The highest BCUT2D eigenvalue weighted by atomic mass is 16.8. The van der Waals surface area contributed by atoms with E-state index in [0.717, 1.165) is 51.4 Å². The summed E-state index contributed by atoms with van der Waals surface area (Å²) in [7, 11) is 0. The van der Waals surface area contributed by atoms with E-state index < -0.39 is 11.6 Å². The lowest BCUT2D eigenvalue weighted by molar-refractivity contribution is -0.321. The predicted molar refractivity (Wildman–Crippen MR) is 160 cm³/mol. The van der Waals surface area contributed by atoms with Gasteiger partial charge in [-0.3, -0.25) is 0 Å². The molecular weight excluding hydrogens is 496 g/mol. The van der Waals surface area contributed by atoms with E-state index in [2.05, 4.69) is 27.7 Å². The van der Waals surface area contributed by atoms with Gasteiger partial charge in [-0.2, -0.15) is 0 Å². The van der Waals surface area contributed by atoms with E-state index in [-0.39, 0.29) is 25.8 Å². The number of ether oxygens (including phenoxy) is 7. The molecule has 0 aliphatic heterocycles. The molecule has 0 fully saturated rings. The minimum Gasteiger partial charge on any atom is -0.348 e. The van der Waals surface area contributed by atoms with Gasteiger partial charge in [0.25, 0.3) is 0 Å². The fourth-order valence-corrected chi connectivity index (χ4v) is 5.32. The van der Waals surface area contributed by atoms with Crippen LogP contribution in [0, 0.1) is 0 Å². The maximum atomic E-state index is 6.31. The Bertz CT molecular complexity index is 461. The zero-order chi connectivity index (χ0) is 29.2. The van der Waals surface area contributed by atoms with Gasteiger partial charge in [-0.15, -0.1) is 0 Å². The van der Waals surface area contributed by atoms with Gasteiger partial charge >= 0.3 is 0 Å². The molecule has 0 aliphatic rings. The second-order valence-electron chi connectivity index (χ2n) is 10.3. The summed E-state index contributed by atoms with van der Waals surface area (Å²) in [6.07, 6.45) is 14.1. The van der Waals surface area contributed by atoms with Crippen molar-refractivity contribution in [3.05, 3.63) is 0 Å². The quantitative estimate of drug-likeness (QED) is 0.0640. The van der Waals surface area contributed by atoms with E-state index in [4.69, 9.17) is 33.2 Å². The van der Waals surface area contributed by atoms with Crippen molar-refractivity contribution in [1.82, 2.24) is 0 Å². The predicted octanol–water partition coefficient (Wildman–Crippen LogP) is 8.77.